The Morgan fingerprint density at radius 2 is 1.67 bits per heavy atom. The van der Waals surface area contributed by atoms with Gasteiger partial charge in [-0.2, -0.15) is 0 Å². The first-order valence-electron chi connectivity index (χ1n) is 8.63. The molecule has 0 fully saturated rings. The molecule has 2 aromatic carbocycles. The van der Waals surface area contributed by atoms with Gasteiger partial charge in [-0.3, -0.25) is 0 Å². The van der Waals surface area contributed by atoms with Gasteiger partial charge >= 0.3 is 6.03 Å². The van der Waals surface area contributed by atoms with E-state index in [1.54, 1.807) is 0 Å². The third kappa shape index (κ3) is 2.78. The van der Waals surface area contributed by atoms with Gasteiger partial charge in [0.05, 0.1) is 18.2 Å². The van der Waals surface area contributed by atoms with E-state index in [4.69, 9.17) is 0 Å². The van der Waals surface area contributed by atoms with Crippen molar-refractivity contribution >= 4 is 6.03 Å². The molecule has 0 heterocycles. The van der Waals surface area contributed by atoms with E-state index < -0.39 is 6.10 Å². The number of hydrogen-bond acceptors (Lipinski definition) is 2. The van der Waals surface area contributed by atoms with Crippen LogP contribution in [-0.4, -0.2) is 17.2 Å². The topological polar surface area (TPSA) is 61.4 Å². The van der Waals surface area contributed by atoms with Crippen LogP contribution in [0.15, 0.2) is 48.5 Å². The Hall–Kier alpha value is -2.33. The second-order valence-corrected chi connectivity index (χ2v) is 6.71. The van der Waals surface area contributed by atoms with Gasteiger partial charge in [0.2, 0.25) is 0 Å². The van der Waals surface area contributed by atoms with E-state index >= 15 is 0 Å². The molecular formula is C20H22N2O2. The summed E-state index contributed by atoms with van der Waals surface area (Å²) < 4.78 is 0. The van der Waals surface area contributed by atoms with Crippen LogP contribution in [-0.2, 0) is 12.8 Å². The van der Waals surface area contributed by atoms with Crippen LogP contribution < -0.4 is 10.6 Å². The number of hydrogen-bond donors (Lipinski definition) is 3. The average molecular weight is 322 g/mol. The lowest BCUT2D eigenvalue weighted by Gasteiger charge is -2.27. The van der Waals surface area contributed by atoms with Crippen molar-refractivity contribution in [1.82, 2.24) is 10.6 Å². The summed E-state index contributed by atoms with van der Waals surface area (Å²) in [7, 11) is 0. The summed E-state index contributed by atoms with van der Waals surface area (Å²) in [4.78, 5) is 12.5. The Labute approximate surface area is 141 Å². The van der Waals surface area contributed by atoms with Crippen LogP contribution in [0.5, 0.6) is 0 Å². The summed E-state index contributed by atoms with van der Waals surface area (Å²) in [6.45, 7) is 0. The van der Waals surface area contributed by atoms with Gasteiger partial charge in [0, 0.05) is 6.42 Å². The van der Waals surface area contributed by atoms with E-state index in [0.717, 1.165) is 30.4 Å². The monoisotopic (exact) mass is 322 g/mol. The molecule has 2 aromatic rings. The van der Waals surface area contributed by atoms with Gasteiger partial charge in [-0.1, -0.05) is 48.5 Å². The third-order valence-electron chi connectivity index (χ3n) is 5.17. The summed E-state index contributed by atoms with van der Waals surface area (Å²) >= 11 is 0. The summed E-state index contributed by atoms with van der Waals surface area (Å²) in [6.07, 6.45) is 3.13. The molecule has 0 saturated heterocycles. The van der Waals surface area contributed by atoms with Crippen LogP contribution in [0.25, 0.3) is 0 Å². The highest BCUT2D eigenvalue weighted by molar-refractivity contribution is 5.75. The number of nitrogens with one attached hydrogen (secondary N) is 2. The molecule has 124 valence electrons. The fraction of sp³-hybridized carbons (Fsp3) is 0.350. The molecule has 4 nitrogen and oxygen atoms in total. The summed E-state index contributed by atoms with van der Waals surface area (Å²) in [5, 5.41) is 16.3. The molecule has 0 saturated carbocycles. The van der Waals surface area contributed by atoms with Crippen LogP contribution in [0.3, 0.4) is 0 Å². The maximum Gasteiger partial charge on any atom is 0.315 e. The van der Waals surface area contributed by atoms with Gasteiger partial charge < -0.3 is 15.7 Å². The number of urea groups is 1. The van der Waals surface area contributed by atoms with Gasteiger partial charge in [-0.25, -0.2) is 4.79 Å². The number of carbonyl (C=O) groups is 1. The van der Waals surface area contributed by atoms with Gasteiger partial charge in [0.15, 0.2) is 0 Å². The van der Waals surface area contributed by atoms with Crippen LogP contribution in [0.2, 0.25) is 0 Å². The first kappa shape index (κ1) is 15.2. The maximum absolute atomic E-state index is 12.5. The number of aryl methyl sites for hydroxylation is 1. The molecule has 3 atom stereocenters. The Bertz CT molecular complexity index is 759. The summed E-state index contributed by atoms with van der Waals surface area (Å²) in [6, 6.07) is 15.7. The second kappa shape index (κ2) is 6.29. The zero-order chi connectivity index (χ0) is 16.5. The van der Waals surface area contributed by atoms with Crippen molar-refractivity contribution in [2.75, 3.05) is 0 Å². The SMILES string of the molecule is O=C(NC1CCCc2ccccc21)NC1c2ccccc2CC1O. The molecule has 0 spiro atoms. The van der Waals surface area contributed by atoms with Crippen molar-refractivity contribution in [3.8, 4) is 0 Å². The molecule has 0 aromatic heterocycles. The predicted octanol–water partition coefficient (Wildman–Crippen LogP) is 3.02. The molecule has 2 aliphatic rings. The minimum absolute atomic E-state index is 0.0451. The highest BCUT2D eigenvalue weighted by Crippen LogP contribution is 2.32. The molecule has 0 aliphatic heterocycles. The van der Waals surface area contributed by atoms with E-state index in [-0.39, 0.29) is 18.1 Å². The van der Waals surface area contributed by atoms with E-state index in [1.807, 2.05) is 36.4 Å². The molecule has 4 rings (SSSR count). The highest BCUT2D eigenvalue weighted by Gasteiger charge is 2.32. The zero-order valence-corrected chi connectivity index (χ0v) is 13.5. The Balaban J connectivity index is 1.47. The minimum Gasteiger partial charge on any atom is -0.390 e. The lowest BCUT2D eigenvalue weighted by atomic mass is 9.88. The van der Waals surface area contributed by atoms with Gasteiger partial charge in [0.1, 0.15) is 0 Å². The molecule has 0 bridgehead atoms. The first-order chi connectivity index (χ1) is 11.7. The Morgan fingerprint density at radius 1 is 0.958 bits per heavy atom. The number of carbonyl (C=O) groups excluding carboxylic acids is 1. The molecule has 24 heavy (non-hydrogen) atoms. The molecule has 2 amide bonds. The van der Waals surface area contributed by atoms with Crippen molar-refractivity contribution < 1.29 is 9.90 Å². The molecule has 0 radical (unpaired) electrons. The predicted molar refractivity (Wildman–Crippen MR) is 92.7 cm³/mol. The third-order valence-corrected chi connectivity index (χ3v) is 5.17. The van der Waals surface area contributed by atoms with Gasteiger partial charge in [0.25, 0.3) is 0 Å². The zero-order valence-electron chi connectivity index (χ0n) is 13.5. The van der Waals surface area contributed by atoms with Crippen molar-refractivity contribution in [3.63, 3.8) is 0 Å². The Kier molecular flexibility index (Phi) is 3.98. The number of fused-ring (bicyclic) bond motifs is 2. The first-order valence-corrected chi connectivity index (χ1v) is 8.63. The number of aliphatic hydroxyl groups is 1. The average Bonchev–Trinajstić information content (AvgIpc) is 2.91. The minimum atomic E-state index is -0.563. The van der Waals surface area contributed by atoms with E-state index in [0.29, 0.717) is 6.42 Å². The fourth-order valence-electron chi connectivity index (χ4n) is 3.99. The number of rotatable bonds is 2. The van der Waals surface area contributed by atoms with Crippen molar-refractivity contribution in [3.05, 3.63) is 70.8 Å². The molecule has 4 heteroatoms. The normalized spacial score (nSPS) is 24.8. The van der Waals surface area contributed by atoms with Crippen LogP contribution in [0.1, 0.15) is 47.2 Å². The van der Waals surface area contributed by atoms with Crippen LogP contribution in [0.4, 0.5) is 4.79 Å². The number of aliphatic hydroxyl groups excluding tert-OH is 1. The molecule has 3 unspecified atom stereocenters. The molecular weight excluding hydrogens is 300 g/mol. The van der Waals surface area contributed by atoms with E-state index in [9.17, 15) is 9.90 Å². The lowest BCUT2D eigenvalue weighted by molar-refractivity contribution is 0.141. The maximum atomic E-state index is 12.5. The lowest BCUT2D eigenvalue weighted by Crippen LogP contribution is -2.43. The van der Waals surface area contributed by atoms with Crippen molar-refractivity contribution in [1.29, 1.82) is 0 Å². The van der Waals surface area contributed by atoms with E-state index in [2.05, 4.69) is 22.8 Å². The molecule has 2 aliphatic carbocycles. The Morgan fingerprint density at radius 3 is 2.50 bits per heavy atom. The second-order valence-electron chi connectivity index (χ2n) is 6.71. The molecule has 3 N–H and O–H groups in total. The quantitative estimate of drug-likeness (QED) is 0.796. The van der Waals surface area contributed by atoms with E-state index in [1.165, 1.54) is 11.1 Å². The van der Waals surface area contributed by atoms with Crippen molar-refractivity contribution in [2.24, 2.45) is 0 Å². The number of amides is 2. The van der Waals surface area contributed by atoms with Gasteiger partial charge in [-0.05, 0) is 41.5 Å². The summed E-state index contributed by atoms with van der Waals surface area (Å²) in [5.74, 6) is 0. The summed E-state index contributed by atoms with van der Waals surface area (Å²) in [5.41, 5.74) is 4.66. The highest BCUT2D eigenvalue weighted by atomic mass is 16.3. The van der Waals surface area contributed by atoms with Crippen LogP contribution in [0, 0.1) is 0 Å². The van der Waals surface area contributed by atoms with Crippen molar-refractivity contribution in [2.45, 2.75) is 43.9 Å². The standard InChI is InChI=1S/C20H22N2O2/c23-18-12-14-7-2-4-10-16(14)19(18)22-20(24)21-17-11-5-8-13-6-1-3-9-15(13)17/h1-4,6-7,9-10,17-19,23H,5,8,11-12H2,(H2,21,22,24). The fourth-order valence-corrected chi connectivity index (χ4v) is 3.99. The van der Waals surface area contributed by atoms with Gasteiger partial charge in [-0.15, -0.1) is 0 Å². The largest absolute Gasteiger partial charge is 0.390 e. The van der Waals surface area contributed by atoms with Crippen LogP contribution >= 0.6 is 0 Å². The smallest absolute Gasteiger partial charge is 0.315 e. The number of benzene rings is 2.